The third kappa shape index (κ3) is 4.94. The Kier molecular flexibility index (Phi) is 6.08. The first-order valence-corrected chi connectivity index (χ1v) is 8.31. The topological polar surface area (TPSA) is 63.7 Å². The van der Waals surface area contributed by atoms with Crippen molar-refractivity contribution >= 4 is 15.8 Å². The summed E-state index contributed by atoms with van der Waals surface area (Å²) in [4.78, 5) is 13.6. The van der Waals surface area contributed by atoms with Crippen molar-refractivity contribution in [2.24, 2.45) is 5.92 Å². The normalized spacial score (nSPS) is 21.8. The average Bonchev–Trinajstić information content (AvgIpc) is 2.38. The molecule has 0 saturated carbocycles. The molecule has 0 aromatic carbocycles. The van der Waals surface area contributed by atoms with Gasteiger partial charge in [-0.15, -0.1) is 0 Å². The summed E-state index contributed by atoms with van der Waals surface area (Å²) >= 11 is 0. The van der Waals surface area contributed by atoms with E-state index in [1.54, 1.807) is 6.92 Å². The number of esters is 1. The first-order valence-electron chi connectivity index (χ1n) is 6.49. The number of hydrogen-bond acceptors (Lipinski definition) is 5. The smallest absolute Gasteiger partial charge is 0.309 e. The van der Waals surface area contributed by atoms with Crippen molar-refractivity contribution in [1.29, 1.82) is 0 Å². The highest BCUT2D eigenvalue weighted by Crippen LogP contribution is 2.17. The van der Waals surface area contributed by atoms with Gasteiger partial charge in [-0.3, -0.25) is 4.79 Å². The molecule has 18 heavy (non-hydrogen) atoms. The molecule has 1 saturated heterocycles. The minimum absolute atomic E-state index is 0.0495. The van der Waals surface area contributed by atoms with Gasteiger partial charge in [-0.2, -0.15) is 0 Å². The number of ether oxygens (including phenoxy) is 1. The maximum Gasteiger partial charge on any atom is 0.309 e. The molecule has 0 aromatic heterocycles. The minimum Gasteiger partial charge on any atom is -0.469 e. The van der Waals surface area contributed by atoms with Gasteiger partial charge in [0.15, 0.2) is 0 Å². The van der Waals surface area contributed by atoms with Crippen LogP contribution in [0.15, 0.2) is 0 Å². The minimum atomic E-state index is -2.87. The molecule has 1 fully saturated rings. The zero-order valence-corrected chi connectivity index (χ0v) is 12.0. The molecule has 0 spiro atoms. The maximum absolute atomic E-state index is 11.4. The van der Waals surface area contributed by atoms with Crippen LogP contribution in [0.5, 0.6) is 0 Å². The Bertz CT molecular complexity index is 366. The van der Waals surface area contributed by atoms with Gasteiger partial charge in [0.1, 0.15) is 9.84 Å². The summed E-state index contributed by atoms with van der Waals surface area (Å²) in [5.74, 6) is 0.244. The summed E-state index contributed by atoms with van der Waals surface area (Å²) in [7, 11) is -1.46. The highest BCUT2D eigenvalue weighted by atomic mass is 32.2. The molecule has 0 N–H and O–H groups in total. The summed E-state index contributed by atoms with van der Waals surface area (Å²) in [5.41, 5.74) is 0. The Hall–Kier alpha value is -0.620. The van der Waals surface area contributed by atoms with Crippen molar-refractivity contribution in [3.05, 3.63) is 0 Å². The van der Waals surface area contributed by atoms with Crippen molar-refractivity contribution in [2.45, 2.75) is 26.2 Å². The van der Waals surface area contributed by atoms with Gasteiger partial charge in [0.25, 0.3) is 0 Å². The molecular formula is C12H23NO4S. The lowest BCUT2D eigenvalue weighted by Crippen LogP contribution is -2.40. The van der Waals surface area contributed by atoms with Crippen LogP contribution in [0.2, 0.25) is 0 Å². The van der Waals surface area contributed by atoms with Crippen LogP contribution in [-0.2, 0) is 19.4 Å². The Labute approximate surface area is 109 Å². The molecule has 1 aliphatic heterocycles. The molecule has 6 heteroatoms. The second-order valence-corrected chi connectivity index (χ2v) is 7.23. The number of rotatable bonds is 6. The second kappa shape index (κ2) is 7.09. The van der Waals surface area contributed by atoms with Crippen LogP contribution in [0.4, 0.5) is 0 Å². The van der Waals surface area contributed by atoms with E-state index in [1.807, 2.05) is 0 Å². The number of nitrogens with zero attached hydrogens (tertiary/aromatic N) is 1. The van der Waals surface area contributed by atoms with E-state index in [9.17, 15) is 13.2 Å². The van der Waals surface area contributed by atoms with Gasteiger partial charge in [0.2, 0.25) is 0 Å². The van der Waals surface area contributed by atoms with Crippen LogP contribution in [0.3, 0.4) is 0 Å². The Morgan fingerprint density at radius 2 is 2.17 bits per heavy atom. The third-order valence-corrected chi connectivity index (χ3v) is 5.20. The molecule has 0 aromatic rings. The summed E-state index contributed by atoms with van der Waals surface area (Å²) < 4.78 is 27.5. The number of carbonyl (C=O) groups excluding carboxylic acids is 1. The van der Waals surface area contributed by atoms with Gasteiger partial charge in [-0.25, -0.2) is 8.42 Å². The van der Waals surface area contributed by atoms with Gasteiger partial charge in [0.05, 0.1) is 18.8 Å². The molecule has 5 nitrogen and oxygen atoms in total. The summed E-state index contributed by atoms with van der Waals surface area (Å²) in [6.07, 6.45) is 2.49. The van der Waals surface area contributed by atoms with E-state index in [1.165, 1.54) is 7.11 Å². The molecule has 0 aliphatic carbocycles. The Morgan fingerprint density at radius 3 is 2.78 bits per heavy atom. The van der Waals surface area contributed by atoms with E-state index in [-0.39, 0.29) is 23.4 Å². The van der Waals surface area contributed by atoms with E-state index >= 15 is 0 Å². The van der Waals surface area contributed by atoms with Crippen LogP contribution < -0.4 is 0 Å². The summed E-state index contributed by atoms with van der Waals surface area (Å²) in [5, 5.41) is 0. The first-order chi connectivity index (χ1) is 8.48. The molecule has 0 amide bonds. The number of methoxy groups -OCH3 is 1. The molecule has 0 radical (unpaired) electrons. The number of likely N-dealkylation sites (tertiary alicyclic amines) is 1. The van der Waals surface area contributed by atoms with Crippen LogP contribution in [-0.4, -0.2) is 57.5 Å². The highest BCUT2D eigenvalue weighted by molar-refractivity contribution is 7.91. The van der Waals surface area contributed by atoms with Crippen molar-refractivity contribution < 1.29 is 17.9 Å². The molecule has 1 heterocycles. The molecule has 0 bridgehead atoms. The zero-order valence-electron chi connectivity index (χ0n) is 11.2. The van der Waals surface area contributed by atoms with Crippen molar-refractivity contribution in [3.8, 4) is 0 Å². The second-order valence-electron chi connectivity index (χ2n) is 4.75. The van der Waals surface area contributed by atoms with E-state index in [2.05, 4.69) is 4.90 Å². The van der Waals surface area contributed by atoms with E-state index < -0.39 is 9.84 Å². The number of hydrogen-bond donors (Lipinski definition) is 0. The zero-order chi connectivity index (χ0) is 13.6. The van der Waals surface area contributed by atoms with Crippen LogP contribution in [0.1, 0.15) is 26.2 Å². The fourth-order valence-electron chi connectivity index (χ4n) is 2.27. The highest BCUT2D eigenvalue weighted by Gasteiger charge is 2.26. The lowest BCUT2D eigenvalue weighted by Gasteiger charge is -2.31. The van der Waals surface area contributed by atoms with Crippen LogP contribution in [0, 0.1) is 5.92 Å². The first kappa shape index (κ1) is 15.4. The number of sulfone groups is 1. The number of piperidine rings is 1. The lowest BCUT2D eigenvalue weighted by atomic mass is 9.98. The van der Waals surface area contributed by atoms with E-state index in [0.29, 0.717) is 13.0 Å². The predicted octanol–water partition coefficient (Wildman–Crippen LogP) is 0.696. The fourth-order valence-corrected chi connectivity index (χ4v) is 3.13. The van der Waals surface area contributed by atoms with Crippen molar-refractivity contribution in [1.82, 2.24) is 4.90 Å². The van der Waals surface area contributed by atoms with Gasteiger partial charge in [0, 0.05) is 12.3 Å². The Morgan fingerprint density at radius 1 is 1.44 bits per heavy atom. The van der Waals surface area contributed by atoms with E-state index in [4.69, 9.17) is 4.74 Å². The van der Waals surface area contributed by atoms with Gasteiger partial charge >= 0.3 is 5.97 Å². The molecule has 1 unspecified atom stereocenters. The fraction of sp³-hybridized carbons (Fsp3) is 0.917. The Balaban J connectivity index is 2.33. The van der Waals surface area contributed by atoms with E-state index in [0.717, 1.165) is 25.9 Å². The summed E-state index contributed by atoms with van der Waals surface area (Å²) in [6, 6.07) is 0. The maximum atomic E-state index is 11.4. The quantitative estimate of drug-likeness (QED) is 0.669. The number of carbonyl (C=O) groups is 1. The average molecular weight is 277 g/mol. The van der Waals surface area contributed by atoms with Crippen LogP contribution in [0.25, 0.3) is 0 Å². The standard InChI is InChI=1S/C12H23NO4S/c1-3-18(15,16)9-5-8-13-7-4-6-11(10-13)12(14)17-2/h11H,3-10H2,1-2H3. The monoisotopic (exact) mass is 277 g/mol. The largest absolute Gasteiger partial charge is 0.469 e. The van der Waals surface area contributed by atoms with Crippen molar-refractivity contribution in [2.75, 3.05) is 38.2 Å². The van der Waals surface area contributed by atoms with Gasteiger partial charge in [-0.1, -0.05) is 6.92 Å². The predicted molar refractivity (Wildman–Crippen MR) is 70.1 cm³/mol. The SMILES string of the molecule is CCS(=O)(=O)CCCN1CCCC(C(=O)OC)C1. The molecule has 106 valence electrons. The molecular weight excluding hydrogens is 254 g/mol. The van der Waals surface area contributed by atoms with Gasteiger partial charge in [-0.05, 0) is 32.4 Å². The lowest BCUT2D eigenvalue weighted by molar-refractivity contribution is -0.147. The van der Waals surface area contributed by atoms with Crippen molar-refractivity contribution in [3.63, 3.8) is 0 Å². The van der Waals surface area contributed by atoms with Gasteiger partial charge < -0.3 is 9.64 Å². The molecule has 1 aliphatic rings. The molecule has 1 atom stereocenters. The third-order valence-electron chi connectivity index (χ3n) is 3.41. The van der Waals surface area contributed by atoms with Crippen LogP contribution >= 0.6 is 0 Å². The molecule has 1 rings (SSSR count). The summed E-state index contributed by atoms with van der Waals surface area (Å²) in [6.45, 7) is 4.05.